The van der Waals surface area contributed by atoms with E-state index in [0.29, 0.717) is 12.4 Å². The third-order valence-corrected chi connectivity index (χ3v) is 2.98. The SMILES string of the molecule is CCN(CC)CCCOc1ccc(N)c([N+](=O)[O-])c1. The zero-order valence-electron chi connectivity index (χ0n) is 11.5. The summed E-state index contributed by atoms with van der Waals surface area (Å²) in [5.41, 5.74) is 5.56. The average molecular weight is 267 g/mol. The molecule has 0 aliphatic heterocycles. The summed E-state index contributed by atoms with van der Waals surface area (Å²) >= 11 is 0. The summed E-state index contributed by atoms with van der Waals surface area (Å²) in [6, 6.07) is 4.52. The van der Waals surface area contributed by atoms with Gasteiger partial charge in [-0.1, -0.05) is 13.8 Å². The van der Waals surface area contributed by atoms with Gasteiger partial charge in [-0.2, -0.15) is 0 Å². The predicted octanol–water partition coefficient (Wildman–Crippen LogP) is 2.29. The summed E-state index contributed by atoms with van der Waals surface area (Å²) in [5, 5.41) is 10.7. The third kappa shape index (κ3) is 4.75. The molecule has 0 atom stereocenters. The van der Waals surface area contributed by atoms with Crippen LogP contribution in [0.5, 0.6) is 5.75 Å². The van der Waals surface area contributed by atoms with E-state index in [4.69, 9.17) is 10.5 Å². The van der Waals surface area contributed by atoms with E-state index in [1.807, 2.05) is 0 Å². The van der Waals surface area contributed by atoms with E-state index in [-0.39, 0.29) is 11.4 Å². The summed E-state index contributed by atoms with van der Waals surface area (Å²) in [4.78, 5) is 12.5. The molecule has 0 spiro atoms. The fourth-order valence-electron chi connectivity index (χ4n) is 1.79. The van der Waals surface area contributed by atoms with Gasteiger partial charge < -0.3 is 15.4 Å². The number of nitrogens with two attached hydrogens (primary N) is 1. The van der Waals surface area contributed by atoms with Crippen LogP contribution in [0.25, 0.3) is 0 Å². The van der Waals surface area contributed by atoms with E-state index in [9.17, 15) is 10.1 Å². The first kappa shape index (κ1) is 15.2. The lowest BCUT2D eigenvalue weighted by molar-refractivity contribution is -0.384. The molecule has 0 saturated heterocycles. The van der Waals surface area contributed by atoms with Crippen molar-refractivity contribution in [1.82, 2.24) is 4.90 Å². The number of nitro benzene ring substituents is 1. The predicted molar refractivity (Wildman–Crippen MR) is 75.4 cm³/mol. The number of ether oxygens (including phenoxy) is 1. The van der Waals surface area contributed by atoms with Crippen LogP contribution in [0.3, 0.4) is 0 Å². The van der Waals surface area contributed by atoms with Gasteiger partial charge in [0.2, 0.25) is 0 Å². The summed E-state index contributed by atoms with van der Waals surface area (Å²) < 4.78 is 5.50. The minimum atomic E-state index is -0.502. The first-order valence-corrected chi connectivity index (χ1v) is 6.47. The molecular weight excluding hydrogens is 246 g/mol. The largest absolute Gasteiger partial charge is 0.493 e. The van der Waals surface area contributed by atoms with Gasteiger partial charge in [0.15, 0.2) is 0 Å². The molecule has 6 nitrogen and oxygen atoms in total. The number of rotatable bonds is 8. The van der Waals surface area contributed by atoms with Crippen molar-refractivity contribution < 1.29 is 9.66 Å². The number of hydrogen-bond acceptors (Lipinski definition) is 5. The summed E-state index contributed by atoms with van der Waals surface area (Å²) in [6.45, 7) is 7.77. The fourth-order valence-corrected chi connectivity index (χ4v) is 1.79. The molecule has 0 amide bonds. The number of nitro groups is 1. The lowest BCUT2D eigenvalue weighted by Gasteiger charge is -2.17. The lowest BCUT2D eigenvalue weighted by Crippen LogP contribution is -2.25. The first-order valence-electron chi connectivity index (χ1n) is 6.47. The molecule has 0 fully saturated rings. The van der Waals surface area contributed by atoms with Crippen molar-refractivity contribution in [2.24, 2.45) is 0 Å². The number of hydrogen-bond donors (Lipinski definition) is 1. The molecular formula is C13H21N3O3. The van der Waals surface area contributed by atoms with Gasteiger partial charge in [0.05, 0.1) is 17.6 Å². The first-order chi connectivity index (χ1) is 9.08. The van der Waals surface area contributed by atoms with Gasteiger partial charge in [-0.25, -0.2) is 0 Å². The molecule has 0 aliphatic rings. The molecule has 19 heavy (non-hydrogen) atoms. The molecule has 0 unspecified atom stereocenters. The highest BCUT2D eigenvalue weighted by molar-refractivity contribution is 5.60. The highest BCUT2D eigenvalue weighted by Crippen LogP contribution is 2.26. The Labute approximate surface area is 113 Å². The summed E-state index contributed by atoms with van der Waals surface area (Å²) in [6.07, 6.45) is 0.889. The third-order valence-electron chi connectivity index (χ3n) is 2.98. The monoisotopic (exact) mass is 267 g/mol. The number of anilines is 1. The second-order valence-electron chi connectivity index (χ2n) is 4.21. The summed E-state index contributed by atoms with van der Waals surface area (Å²) in [5.74, 6) is 0.487. The number of benzene rings is 1. The quantitative estimate of drug-likeness (QED) is 0.338. The number of nitrogens with zero attached hydrogens (tertiary/aromatic N) is 2. The van der Waals surface area contributed by atoms with Crippen LogP contribution < -0.4 is 10.5 Å². The molecule has 0 radical (unpaired) electrons. The maximum absolute atomic E-state index is 10.7. The van der Waals surface area contributed by atoms with Gasteiger partial charge in [-0.05, 0) is 31.6 Å². The Morgan fingerprint density at radius 2 is 2.05 bits per heavy atom. The molecule has 1 aromatic carbocycles. The standard InChI is InChI=1S/C13H21N3O3/c1-3-15(4-2)8-5-9-19-11-6-7-12(14)13(10-11)16(17)18/h6-7,10H,3-5,8-9,14H2,1-2H3. The molecule has 0 aromatic heterocycles. The summed E-state index contributed by atoms with van der Waals surface area (Å²) in [7, 11) is 0. The van der Waals surface area contributed by atoms with E-state index in [0.717, 1.165) is 26.1 Å². The van der Waals surface area contributed by atoms with Gasteiger partial charge in [-0.15, -0.1) is 0 Å². The molecule has 0 aliphatic carbocycles. The van der Waals surface area contributed by atoms with Crippen LogP contribution in [0.1, 0.15) is 20.3 Å². The van der Waals surface area contributed by atoms with Crippen LogP contribution in [0, 0.1) is 10.1 Å². The van der Waals surface area contributed by atoms with Crippen molar-refractivity contribution in [2.45, 2.75) is 20.3 Å². The molecule has 0 heterocycles. The minimum Gasteiger partial charge on any atom is -0.493 e. The molecule has 0 saturated carbocycles. The van der Waals surface area contributed by atoms with E-state index in [1.165, 1.54) is 12.1 Å². The Kier molecular flexibility index (Phi) is 6.08. The molecule has 6 heteroatoms. The molecule has 1 rings (SSSR count). The van der Waals surface area contributed by atoms with Gasteiger partial charge in [0.25, 0.3) is 5.69 Å². The second-order valence-corrected chi connectivity index (χ2v) is 4.21. The molecule has 0 bridgehead atoms. The van der Waals surface area contributed by atoms with Crippen molar-refractivity contribution >= 4 is 11.4 Å². The number of nitrogen functional groups attached to an aromatic ring is 1. The van der Waals surface area contributed by atoms with E-state index in [2.05, 4.69) is 18.7 Å². The van der Waals surface area contributed by atoms with Crippen molar-refractivity contribution in [2.75, 3.05) is 32.0 Å². The Morgan fingerprint density at radius 3 is 2.63 bits per heavy atom. The smallest absolute Gasteiger partial charge is 0.295 e. The van der Waals surface area contributed by atoms with E-state index < -0.39 is 4.92 Å². The normalized spacial score (nSPS) is 10.7. The highest BCUT2D eigenvalue weighted by atomic mass is 16.6. The van der Waals surface area contributed by atoms with Gasteiger partial charge in [0, 0.05) is 6.54 Å². The highest BCUT2D eigenvalue weighted by Gasteiger charge is 2.12. The van der Waals surface area contributed by atoms with E-state index >= 15 is 0 Å². The van der Waals surface area contributed by atoms with Crippen molar-refractivity contribution in [3.05, 3.63) is 28.3 Å². The van der Waals surface area contributed by atoms with Gasteiger partial charge in [0.1, 0.15) is 11.4 Å². The van der Waals surface area contributed by atoms with Crippen LogP contribution in [0.15, 0.2) is 18.2 Å². The van der Waals surface area contributed by atoms with Crippen LogP contribution in [0.4, 0.5) is 11.4 Å². The Balaban J connectivity index is 2.46. The molecule has 1 aromatic rings. The Bertz CT molecular complexity index is 420. The van der Waals surface area contributed by atoms with Crippen molar-refractivity contribution in [1.29, 1.82) is 0 Å². The minimum absolute atomic E-state index is 0.110. The van der Waals surface area contributed by atoms with Gasteiger partial charge in [-0.3, -0.25) is 10.1 Å². The lowest BCUT2D eigenvalue weighted by atomic mass is 10.2. The van der Waals surface area contributed by atoms with Crippen molar-refractivity contribution in [3.63, 3.8) is 0 Å². The van der Waals surface area contributed by atoms with Crippen LogP contribution in [-0.2, 0) is 0 Å². The zero-order valence-corrected chi connectivity index (χ0v) is 11.5. The zero-order chi connectivity index (χ0) is 14.3. The Morgan fingerprint density at radius 1 is 1.37 bits per heavy atom. The molecule has 106 valence electrons. The maximum atomic E-state index is 10.7. The van der Waals surface area contributed by atoms with Crippen LogP contribution >= 0.6 is 0 Å². The van der Waals surface area contributed by atoms with Crippen LogP contribution in [0.2, 0.25) is 0 Å². The maximum Gasteiger partial charge on any atom is 0.295 e. The van der Waals surface area contributed by atoms with Gasteiger partial charge >= 0.3 is 0 Å². The fraction of sp³-hybridized carbons (Fsp3) is 0.538. The topological polar surface area (TPSA) is 81.6 Å². The van der Waals surface area contributed by atoms with Crippen LogP contribution in [-0.4, -0.2) is 36.1 Å². The second kappa shape index (κ2) is 7.58. The van der Waals surface area contributed by atoms with E-state index in [1.54, 1.807) is 6.07 Å². The molecule has 2 N–H and O–H groups in total. The Hall–Kier alpha value is -1.82. The van der Waals surface area contributed by atoms with Crippen molar-refractivity contribution in [3.8, 4) is 5.75 Å². The average Bonchev–Trinajstić information content (AvgIpc) is 2.40.